The monoisotopic (exact) mass is 419 g/mol. The first-order chi connectivity index (χ1) is 13.8. The van der Waals surface area contributed by atoms with Gasteiger partial charge in [0.1, 0.15) is 0 Å². The van der Waals surface area contributed by atoms with E-state index in [0.29, 0.717) is 25.8 Å². The van der Waals surface area contributed by atoms with Crippen molar-refractivity contribution in [1.29, 1.82) is 0 Å². The molecule has 0 aliphatic carbocycles. The van der Waals surface area contributed by atoms with Gasteiger partial charge in [0.15, 0.2) is 6.61 Å². The number of imide groups is 1. The van der Waals surface area contributed by atoms with Crippen molar-refractivity contribution in [3.05, 3.63) is 29.3 Å². The molecule has 8 heteroatoms. The molecule has 2 rings (SSSR count). The number of hydrogen-bond acceptors (Lipinski definition) is 6. The largest absolute Gasteiger partial charge is 0.455 e. The summed E-state index contributed by atoms with van der Waals surface area (Å²) in [5.74, 6) is -0.828. The second kappa shape index (κ2) is 10.3. The molecular weight excluding hydrogens is 390 g/mol. The van der Waals surface area contributed by atoms with Crippen molar-refractivity contribution in [3.63, 3.8) is 0 Å². The molecule has 0 radical (unpaired) electrons. The topological polar surface area (TPSA) is 97.4 Å². The minimum Gasteiger partial charge on any atom is -0.455 e. The molecule has 2 N–H and O–H groups in total. The van der Waals surface area contributed by atoms with Gasteiger partial charge in [-0.05, 0) is 30.9 Å². The van der Waals surface area contributed by atoms with E-state index in [1.807, 2.05) is 52.0 Å². The number of fused-ring (bicyclic) bond motifs is 1. The van der Waals surface area contributed by atoms with Gasteiger partial charge in [-0.25, -0.2) is 9.78 Å². The fourth-order valence-electron chi connectivity index (χ4n) is 2.93. The Morgan fingerprint density at radius 1 is 1.17 bits per heavy atom. The predicted molar refractivity (Wildman–Crippen MR) is 114 cm³/mol. The predicted octanol–water partition coefficient (Wildman–Crippen LogP) is 3.67. The van der Waals surface area contributed by atoms with Gasteiger partial charge < -0.3 is 10.1 Å². The molecule has 1 aromatic carbocycles. The molecule has 2 aromatic rings. The van der Waals surface area contributed by atoms with Gasteiger partial charge in [0.2, 0.25) is 0 Å². The number of carbonyl (C=O) groups excluding carboxylic acids is 3. The molecule has 158 valence electrons. The summed E-state index contributed by atoms with van der Waals surface area (Å²) in [6.45, 7) is 7.72. The fourth-order valence-corrected chi connectivity index (χ4v) is 4.04. The highest BCUT2D eigenvalue weighted by Crippen LogP contribution is 2.35. The Hall–Kier alpha value is -2.48. The summed E-state index contributed by atoms with van der Waals surface area (Å²) in [5, 5.41) is 5.61. The van der Waals surface area contributed by atoms with Crippen LogP contribution in [-0.2, 0) is 20.7 Å². The van der Waals surface area contributed by atoms with Crippen molar-refractivity contribution >= 4 is 39.5 Å². The number of urea groups is 1. The normalized spacial score (nSPS) is 11.5. The van der Waals surface area contributed by atoms with E-state index in [0.717, 1.165) is 15.2 Å². The molecular formula is C21H29N3O4S. The van der Waals surface area contributed by atoms with Gasteiger partial charge in [0.25, 0.3) is 5.91 Å². The maximum absolute atomic E-state index is 12.8. The van der Waals surface area contributed by atoms with Gasteiger partial charge in [-0.1, -0.05) is 39.8 Å². The molecule has 0 saturated heterocycles. The van der Waals surface area contributed by atoms with Crippen LogP contribution in [0.2, 0.25) is 0 Å². The average Bonchev–Trinajstić information content (AvgIpc) is 3.11. The Kier molecular flexibility index (Phi) is 8.13. The number of thiazole rings is 1. The maximum Gasteiger partial charge on any atom is 0.321 e. The smallest absolute Gasteiger partial charge is 0.321 e. The van der Waals surface area contributed by atoms with Gasteiger partial charge in [-0.3, -0.25) is 14.9 Å². The molecule has 1 heterocycles. The first kappa shape index (κ1) is 22.8. The Morgan fingerprint density at radius 2 is 1.86 bits per heavy atom. The number of ether oxygens (including phenoxy) is 1. The van der Waals surface area contributed by atoms with Crippen LogP contribution in [0.4, 0.5) is 4.79 Å². The highest BCUT2D eigenvalue weighted by molar-refractivity contribution is 7.18. The lowest BCUT2D eigenvalue weighted by atomic mass is 9.79. The zero-order valence-electron chi connectivity index (χ0n) is 17.4. The van der Waals surface area contributed by atoms with E-state index >= 15 is 0 Å². The third-order valence-electron chi connectivity index (χ3n) is 4.87. The van der Waals surface area contributed by atoms with E-state index in [9.17, 15) is 14.4 Å². The minimum absolute atomic E-state index is 0.269. The van der Waals surface area contributed by atoms with Crippen molar-refractivity contribution in [2.75, 3.05) is 13.2 Å². The van der Waals surface area contributed by atoms with E-state index in [2.05, 4.69) is 15.6 Å². The molecule has 29 heavy (non-hydrogen) atoms. The standard InChI is InChI=1S/C21H29N3O4S/c1-5-21(6-2,11-18-23-15-9-7-8-10-16(15)29-18)19(26)28-13-17(25)24-20(27)22-12-14(3)4/h7-10,14H,5-6,11-13H2,1-4H3,(H2,22,24,25,27). The number of nitrogens with one attached hydrogen (secondary N) is 2. The second-order valence-electron chi connectivity index (χ2n) is 7.47. The van der Waals surface area contributed by atoms with Gasteiger partial charge in [0.05, 0.1) is 20.6 Å². The van der Waals surface area contributed by atoms with Crippen LogP contribution in [0.1, 0.15) is 45.5 Å². The highest BCUT2D eigenvalue weighted by Gasteiger charge is 2.38. The number of nitrogens with zero attached hydrogens (tertiary/aromatic N) is 1. The Bertz CT molecular complexity index is 825. The number of rotatable bonds is 9. The lowest BCUT2D eigenvalue weighted by Crippen LogP contribution is -2.43. The van der Waals surface area contributed by atoms with Crippen molar-refractivity contribution in [2.24, 2.45) is 11.3 Å². The van der Waals surface area contributed by atoms with Gasteiger partial charge in [0, 0.05) is 13.0 Å². The summed E-state index contributed by atoms with van der Waals surface area (Å²) < 4.78 is 6.34. The number of aromatic nitrogens is 1. The molecule has 3 amide bonds. The number of benzene rings is 1. The van der Waals surface area contributed by atoms with Crippen LogP contribution in [0.5, 0.6) is 0 Å². The first-order valence-electron chi connectivity index (χ1n) is 9.89. The summed E-state index contributed by atoms with van der Waals surface area (Å²) in [4.78, 5) is 41.0. The highest BCUT2D eigenvalue weighted by atomic mass is 32.1. The molecule has 0 unspecified atom stereocenters. The zero-order chi connectivity index (χ0) is 21.4. The Labute approximate surface area is 175 Å². The summed E-state index contributed by atoms with van der Waals surface area (Å²) >= 11 is 1.56. The van der Waals surface area contributed by atoms with E-state index in [-0.39, 0.29) is 5.92 Å². The van der Waals surface area contributed by atoms with Crippen molar-refractivity contribution in [2.45, 2.75) is 47.0 Å². The first-order valence-corrected chi connectivity index (χ1v) is 10.7. The average molecular weight is 420 g/mol. The summed E-state index contributed by atoms with van der Waals surface area (Å²) in [5.41, 5.74) is 0.155. The number of hydrogen-bond donors (Lipinski definition) is 2. The summed E-state index contributed by atoms with van der Waals surface area (Å²) in [7, 11) is 0. The zero-order valence-corrected chi connectivity index (χ0v) is 18.2. The minimum atomic E-state index is -0.756. The van der Waals surface area contributed by atoms with Gasteiger partial charge >= 0.3 is 12.0 Å². The molecule has 0 bridgehead atoms. The number of carbonyl (C=O) groups is 3. The molecule has 0 spiro atoms. The molecule has 1 aromatic heterocycles. The Morgan fingerprint density at radius 3 is 2.48 bits per heavy atom. The number of esters is 1. The SMILES string of the molecule is CCC(CC)(Cc1nc2ccccc2s1)C(=O)OCC(=O)NC(=O)NCC(C)C. The summed E-state index contributed by atoms with van der Waals surface area (Å²) in [6.07, 6.45) is 1.58. The van der Waals surface area contributed by atoms with E-state index in [4.69, 9.17) is 4.74 Å². The molecule has 0 saturated carbocycles. The van der Waals surface area contributed by atoms with E-state index in [1.54, 1.807) is 11.3 Å². The van der Waals surface area contributed by atoms with Crippen LogP contribution >= 0.6 is 11.3 Å². The van der Waals surface area contributed by atoms with E-state index < -0.39 is 29.9 Å². The summed E-state index contributed by atoms with van der Waals surface area (Å²) in [6, 6.07) is 7.25. The molecule has 0 aliphatic heterocycles. The molecule has 7 nitrogen and oxygen atoms in total. The lowest BCUT2D eigenvalue weighted by molar-refractivity contribution is -0.159. The molecule has 0 aliphatic rings. The van der Waals surface area contributed by atoms with Crippen molar-refractivity contribution in [3.8, 4) is 0 Å². The van der Waals surface area contributed by atoms with E-state index in [1.165, 1.54) is 0 Å². The van der Waals surface area contributed by atoms with Crippen molar-refractivity contribution in [1.82, 2.24) is 15.6 Å². The lowest BCUT2D eigenvalue weighted by Gasteiger charge is -2.28. The third kappa shape index (κ3) is 6.25. The second-order valence-corrected chi connectivity index (χ2v) is 8.58. The van der Waals surface area contributed by atoms with Crippen LogP contribution in [0, 0.1) is 11.3 Å². The van der Waals surface area contributed by atoms with Gasteiger partial charge in [-0.2, -0.15) is 0 Å². The van der Waals surface area contributed by atoms with Crippen LogP contribution < -0.4 is 10.6 Å². The quantitative estimate of drug-likeness (QED) is 0.605. The van der Waals surface area contributed by atoms with Crippen LogP contribution in [0.15, 0.2) is 24.3 Å². The number of amides is 3. The van der Waals surface area contributed by atoms with Crippen LogP contribution in [0.25, 0.3) is 10.2 Å². The van der Waals surface area contributed by atoms with Crippen LogP contribution in [0.3, 0.4) is 0 Å². The fraction of sp³-hybridized carbons (Fsp3) is 0.524. The Balaban J connectivity index is 1.97. The molecule has 0 fully saturated rings. The van der Waals surface area contributed by atoms with Crippen molar-refractivity contribution < 1.29 is 19.1 Å². The van der Waals surface area contributed by atoms with Crippen LogP contribution in [-0.4, -0.2) is 36.0 Å². The molecule has 0 atom stereocenters. The number of para-hydroxylation sites is 1. The van der Waals surface area contributed by atoms with Gasteiger partial charge in [-0.15, -0.1) is 11.3 Å². The third-order valence-corrected chi connectivity index (χ3v) is 5.91. The maximum atomic E-state index is 12.8.